The zero-order chi connectivity index (χ0) is 39.1. The number of unbranched alkanes of at least 4 members (excludes halogenated alkanes) is 4. The summed E-state index contributed by atoms with van der Waals surface area (Å²) in [4.78, 5) is 67.8. The van der Waals surface area contributed by atoms with Crippen molar-refractivity contribution in [2.24, 2.45) is 0 Å². The number of hydrogen-bond donors (Lipinski definition) is 9. The van der Waals surface area contributed by atoms with E-state index in [-0.39, 0.29) is 37.3 Å². The number of likely N-dealkylation sites (N-methyl/N-ethyl adjacent to an activating group) is 1. The summed E-state index contributed by atoms with van der Waals surface area (Å²) in [6, 6.07) is 5.93. The van der Waals surface area contributed by atoms with Crippen molar-refractivity contribution in [2.75, 3.05) is 13.6 Å². The van der Waals surface area contributed by atoms with Gasteiger partial charge in [-0.25, -0.2) is 4.79 Å². The van der Waals surface area contributed by atoms with Crippen molar-refractivity contribution < 1.29 is 49.5 Å². The third-order valence-electron chi connectivity index (χ3n) is 9.52. The molecule has 0 aromatic heterocycles. The summed E-state index contributed by atoms with van der Waals surface area (Å²) in [6.07, 6.45) is 3.06. The summed E-state index contributed by atoms with van der Waals surface area (Å²) in [5.41, 5.74) is 1.08. The minimum atomic E-state index is -1.50. The first kappa shape index (κ1) is 42.7. The predicted octanol–water partition coefficient (Wildman–Crippen LogP) is 1.10. The van der Waals surface area contributed by atoms with Gasteiger partial charge in [0.1, 0.15) is 41.8 Å². The van der Waals surface area contributed by atoms with Crippen LogP contribution in [0, 0.1) is 0 Å². The van der Waals surface area contributed by atoms with Crippen LogP contribution in [0.2, 0.25) is 0 Å². The highest BCUT2D eigenvalue weighted by atomic mass is 16.4. The number of carboxylic acids is 1. The highest BCUT2D eigenvalue weighted by molar-refractivity contribution is 5.96. The van der Waals surface area contributed by atoms with Gasteiger partial charge in [-0.05, 0) is 68.6 Å². The van der Waals surface area contributed by atoms with Gasteiger partial charge in [0.25, 0.3) is 5.91 Å². The SMILES string of the molecule is CCCCCCC[C@@H](NC)[C@H](O)C(=O)N[C@@H](C(=O)N1CCC[C@H]1C(=O)N[C@@H](Cc1ccc(O)cc1)C(=O)N[C@@H](Cc1ccc(O)cc1)C(=O)O)[C@H](C)O. The Morgan fingerprint density at radius 2 is 1.36 bits per heavy atom. The molecule has 0 spiro atoms. The lowest BCUT2D eigenvalue weighted by molar-refractivity contribution is -0.146. The minimum Gasteiger partial charge on any atom is -0.508 e. The standard InChI is InChI=1S/C38H55N5O10/c1-4-5-6-7-8-10-28(39-3)33(47)36(50)42-32(23(2)44)37(51)43-20-9-11-31(43)35(49)40-29(21-24-12-16-26(45)17-13-24)34(48)41-30(38(52)53)22-25-14-18-27(46)19-15-25/h12-19,23,28-33,39,44-47H,4-11,20-22H2,1-3H3,(H,40,49)(H,41,48)(H,42,50)(H,52,53)/t23-,28+,29-,30-,31-,32+,33-/m0/s1. The second kappa shape index (κ2) is 21.1. The van der Waals surface area contributed by atoms with Gasteiger partial charge < -0.3 is 51.7 Å². The van der Waals surface area contributed by atoms with Crippen LogP contribution in [0.5, 0.6) is 11.5 Å². The van der Waals surface area contributed by atoms with Gasteiger partial charge in [0.2, 0.25) is 17.7 Å². The van der Waals surface area contributed by atoms with Crippen molar-refractivity contribution in [3.63, 3.8) is 0 Å². The van der Waals surface area contributed by atoms with E-state index in [0.717, 1.165) is 32.1 Å². The van der Waals surface area contributed by atoms with Crippen LogP contribution in [0.15, 0.2) is 48.5 Å². The number of hydrogen-bond acceptors (Lipinski definition) is 10. The fourth-order valence-corrected chi connectivity index (χ4v) is 6.40. The van der Waals surface area contributed by atoms with Crippen LogP contribution in [-0.4, -0.2) is 116 Å². The Labute approximate surface area is 310 Å². The molecule has 1 fully saturated rings. The molecule has 1 saturated heterocycles. The summed E-state index contributed by atoms with van der Waals surface area (Å²) >= 11 is 0. The van der Waals surface area contributed by atoms with E-state index in [1.54, 1.807) is 19.2 Å². The molecule has 0 aliphatic carbocycles. The van der Waals surface area contributed by atoms with Gasteiger partial charge in [0.15, 0.2) is 0 Å². The van der Waals surface area contributed by atoms with Gasteiger partial charge >= 0.3 is 5.97 Å². The Morgan fingerprint density at radius 3 is 1.89 bits per heavy atom. The number of phenols is 2. The Bertz CT molecular complexity index is 1500. The molecule has 2 aromatic rings. The zero-order valence-corrected chi connectivity index (χ0v) is 30.7. The average Bonchev–Trinajstić information content (AvgIpc) is 3.63. The molecule has 1 aliphatic rings. The number of aliphatic carboxylic acids is 1. The first-order valence-electron chi connectivity index (χ1n) is 18.3. The fraction of sp³-hybridized carbons (Fsp3) is 0.553. The third kappa shape index (κ3) is 13.0. The van der Waals surface area contributed by atoms with Crippen LogP contribution in [0.3, 0.4) is 0 Å². The topological polar surface area (TPSA) is 238 Å². The Kier molecular flexibility index (Phi) is 17.0. The van der Waals surface area contributed by atoms with Crippen LogP contribution in [0.25, 0.3) is 0 Å². The van der Waals surface area contributed by atoms with E-state index in [2.05, 4.69) is 28.2 Å². The predicted molar refractivity (Wildman–Crippen MR) is 196 cm³/mol. The van der Waals surface area contributed by atoms with Crippen molar-refractivity contribution in [3.8, 4) is 11.5 Å². The van der Waals surface area contributed by atoms with Gasteiger partial charge in [-0.15, -0.1) is 0 Å². The number of aliphatic hydroxyl groups excluding tert-OH is 2. The van der Waals surface area contributed by atoms with Crippen LogP contribution in [0.4, 0.5) is 0 Å². The molecular formula is C38H55N5O10. The quantitative estimate of drug-likeness (QED) is 0.0822. The van der Waals surface area contributed by atoms with E-state index < -0.39 is 72.0 Å². The molecule has 53 heavy (non-hydrogen) atoms. The normalized spacial score (nSPS) is 17.5. The van der Waals surface area contributed by atoms with E-state index in [1.807, 2.05) is 0 Å². The molecule has 7 atom stereocenters. The number of aromatic hydroxyl groups is 2. The number of carbonyl (C=O) groups excluding carboxylic acids is 4. The van der Waals surface area contributed by atoms with Crippen molar-refractivity contribution in [3.05, 3.63) is 59.7 Å². The molecule has 15 heteroatoms. The average molecular weight is 742 g/mol. The van der Waals surface area contributed by atoms with Crippen LogP contribution < -0.4 is 21.3 Å². The smallest absolute Gasteiger partial charge is 0.326 e. The molecule has 1 aliphatic heterocycles. The van der Waals surface area contributed by atoms with Crippen LogP contribution in [0.1, 0.15) is 76.3 Å². The monoisotopic (exact) mass is 741 g/mol. The summed E-state index contributed by atoms with van der Waals surface area (Å²) in [6.45, 7) is 3.55. The van der Waals surface area contributed by atoms with Crippen molar-refractivity contribution >= 4 is 29.6 Å². The Morgan fingerprint density at radius 1 is 0.792 bits per heavy atom. The number of amides is 4. The van der Waals surface area contributed by atoms with Gasteiger partial charge in [-0.1, -0.05) is 63.3 Å². The van der Waals surface area contributed by atoms with Gasteiger partial charge in [-0.3, -0.25) is 19.2 Å². The molecule has 0 unspecified atom stereocenters. The van der Waals surface area contributed by atoms with Crippen molar-refractivity contribution in [2.45, 2.75) is 120 Å². The number of phenolic OH excluding ortho intramolecular Hbond substituents is 2. The number of benzene rings is 2. The number of nitrogens with one attached hydrogen (secondary N) is 4. The molecule has 9 N–H and O–H groups in total. The third-order valence-corrected chi connectivity index (χ3v) is 9.52. The maximum atomic E-state index is 13.8. The number of likely N-dealkylation sites (tertiary alicyclic amines) is 1. The fourth-order valence-electron chi connectivity index (χ4n) is 6.40. The minimum absolute atomic E-state index is 0.00792. The number of aliphatic hydroxyl groups is 2. The number of nitrogens with zero attached hydrogens (tertiary/aromatic N) is 1. The summed E-state index contributed by atoms with van der Waals surface area (Å²) in [5, 5.41) is 61.2. The Hall–Kier alpha value is -4.73. The summed E-state index contributed by atoms with van der Waals surface area (Å²) < 4.78 is 0. The van der Waals surface area contributed by atoms with Crippen LogP contribution >= 0.6 is 0 Å². The molecule has 292 valence electrons. The molecule has 2 aromatic carbocycles. The lowest BCUT2D eigenvalue weighted by atomic mass is 10.0. The zero-order valence-electron chi connectivity index (χ0n) is 30.7. The second-order valence-corrected chi connectivity index (χ2v) is 13.7. The van der Waals surface area contributed by atoms with Crippen LogP contribution in [-0.2, 0) is 36.8 Å². The van der Waals surface area contributed by atoms with Gasteiger partial charge in [-0.2, -0.15) is 0 Å². The lowest BCUT2D eigenvalue weighted by Crippen LogP contribution is -2.61. The molecule has 4 amide bonds. The second-order valence-electron chi connectivity index (χ2n) is 13.7. The Balaban J connectivity index is 1.75. The van der Waals surface area contributed by atoms with Gasteiger partial charge in [0.05, 0.1) is 6.10 Å². The van der Waals surface area contributed by atoms with E-state index in [9.17, 15) is 49.5 Å². The number of carboxylic acid groups (broad SMARTS) is 1. The molecule has 1 heterocycles. The number of rotatable bonds is 21. The van der Waals surface area contributed by atoms with E-state index >= 15 is 0 Å². The summed E-state index contributed by atoms with van der Waals surface area (Å²) in [5.74, 6) is -4.43. The molecule has 15 nitrogen and oxygen atoms in total. The molecule has 3 rings (SSSR count). The van der Waals surface area contributed by atoms with E-state index in [1.165, 1.54) is 48.2 Å². The first-order chi connectivity index (χ1) is 25.2. The maximum absolute atomic E-state index is 13.8. The summed E-state index contributed by atoms with van der Waals surface area (Å²) in [7, 11) is 1.63. The van der Waals surface area contributed by atoms with Gasteiger partial charge in [0, 0.05) is 25.4 Å². The highest BCUT2D eigenvalue weighted by Gasteiger charge is 2.41. The van der Waals surface area contributed by atoms with E-state index in [4.69, 9.17) is 0 Å². The van der Waals surface area contributed by atoms with E-state index in [0.29, 0.717) is 24.0 Å². The highest BCUT2D eigenvalue weighted by Crippen LogP contribution is 2.21. The molecule has 0 saturated carbocycles. The first-order valence-corrected chi connectivity index (χ1v) is 18.3. The molecule has 0 bridgehead atoms. The lowest BCUT2D eigenvalue weighted by Gasteiger charge is -2.32. The molecule has 0 radical (unpaired) electrons. The van der Waals surface area contributed by atoms with Crippen molar-refractivity contribution in [1.82, 2.24) is 26.2 Å². The number of carbonyl (C=O) groups is 5. The molecular weight excluding hydrogens is 686 g/mol. The maximum Gasteiger partial charge on any atom is 0.326 e. The van der Waals surface area contributed by atoms with Crippen molar-refractivity contribution in [1.29, 1.82) is 0 Å². The largest absolute Gasteiger partial charge is 0.508 e.